The normalized spacial score (nSPS) is 14.2. The number of hydrogen-bond acceptors (Lipinski definition) is 1. The summed E-state index contributed by atoms with van der Waals surface area (Å²) in [6.07, 6.45) is 0. The quantitative estimate of drug-likeness (QED) is 0.168. The molecule has 10 aromatic carbocycles. The molecule has 0 bridgehead atoms. The molecule has 0 saturated carbocycles. The molecule has 10 aromatic rings. The van der Waals surface area contributed by atoms with Crippen molar-refractivity contribution >= 4 is 27.8 Å². The third-order valence-electron chi connectivity index (χ3n) is 13.9. The van der Waals surface area contributed by atoms with Gasteiger partial charge < -0.3 is 4.90 Å². The van der Waals surface area contributed by atoms with Crippen LogP contribution in [0.1, 0.15) is 44.5 Å². The van der Waals surface area contributed by atoms with Gasteiger partial charge in [0.1, 0.15) is 0 Å². The first-order valence-electron chi connectivity index (χ1n) is 21.3. The third-order valence-corrected chi connectivity index (χ3v) is 13.9. The van der Waals surface area contributed by atoms with Crippen molar-refractivity contribution in [1.82, 2.24) is 0 Å². The van der Waals surface area contributed by atoms with Crippen LogP contribution in [-0.4, -0.2) is 0 Å². The summed E-state index contributed by atoms with van der Waals surface area (Å²) in [6.45, 7) is 0. The van der Waals surface area contributed by atoms with Crippen LogP contribution in [0.2, 0.25) is 0 Å². The summed E-state index contributed by atoms with van der Waals surface area (Å²) in [7, 11) is 0. The Morgan fingerprint density at radius 3 is 1.25 bits per heavy atom. The van der Waals surface area contributed by atoms with Crippen molar-refractivity contribution in [3.05, 3.63) is 281 Å². The predicted molar refractivity (Wildman–Crippen MR) is 252 cm³/mol. The molecule has 61 heavy (non-hydrogen) atoms. The molecule has 13 rings (SSSR count). The van der Waals surface area contributed by atoms with Crippen LogP contribution in [-0.2, 0) is 10.8 Å². The second-order valence-electron chi connectivity index (χ2n) is 16.7. The highest BCUT2D eigenvalue weighted by atomic mass is 15.1. The third kappa shape index (κ3) is 4.50. The van der Waals surface area contributed by atoms with Gasteiger partial charge in [-0.05, 0) is 125 Å². The lowest BCUT2D eigenvalue weighted by molar-refractivity contribution is 0.768. The van der Waals surface area contributed by atoms with Gasteiger partial charge in [-0.2, -0.15) is 0 Å². The van der Waals surface area contributed by atoms with Gasteiger partial charge in [0, 0.05) is 17.1 Å². The van der Waals surface area contributed by atoms with Gasteiger partial charge in [0.05, 0.1) is 10.8 Å². The summed E-state index contributed by atoms with van der Waals surface area (Å²) >= 11 is 0. The van der Waals surface area contributed by atoms with Gasteiger partial charge in [0.15, 0.2) is 0 Å². The SMILES string of the molecule is c1ccc(N(c2ccc3c(c2)C(c2ccccc2)(c2ccccc2)c2ccccc2-3)c2ccc3c(c2)C2(c4ccccc4-c4ccccc42)c2c-3ccc3ccccc23)cc1. The lowest BCUT2D eigenvalue weighted by atomic mass is 9.67. The second kappa shape index (κ2) is 12.9. The van der Waals surface area contributed by atoms with Crippen molar-refractivity contribution in [3.63, 3.8) is 0 Å². The first-order chi connectivity index (χ1) is 30.3. The average molecular weight is 774 g/mol. The molecule has 1 spiro atoms. The van der Waals surface area contributed by atoms with Crippen molar-refractivity contribution in [3.8, 4) is 33.4 Å². The second-order valence-corrected chi connectivity index (χ2v) is 16.7. The van der Waals surface area contributed by atoms with Crippen molar-refractivity contribution in [2.75, 3.05) is 4.90 Å². The summed E-state index contributed by atoms with van der Waals surface area (Å²) in [5.41, 5.74) is 20.7. The molecule has 284 valence electrons. The molecule has 0 heterocycles. The molecular weight excluding hydrogens is 735 g/mol. The molecule has 0 N–H and O–H groups in total. The molecule has 1 heteroatoms. The summed E-state index contributed by atoms with van der Waals surface area (Å²) in [4.78, 5) is 2.48. The van der Waals surface area contributed by atoms with Gasteiger partial charge in [0.25, 0.3) is 0 Å². The fraction of sp³-hybridized carbons (Fsp3) is 0.0333. The maximum Gasteiger partial charge on any atom is 0.0732 e. The summed E-state index contributed by atoms with van der Waals surface area (Å²) < 4.78 is 0. The van der Waals surface area contributed by atoms with E-state index in [-0.39, 0.29) is 0 Å². The molecule has 3 aliphatic carbocycles. The van der Waals surface area contributed by atoms with E-state index in [2.05, 4.69) is 241 Å². The maximum absolute atomic E-state index is 2.51. The van der Waals surface area contributed by atoms with E-state index >= 15 is 0 Å². The van der Waals surface area contributed by atoms with Crippen LogP contribution >= 0.6 is 0 Å². The van der Waals surface area contributed by atoms with E-state index in [1.54, 1.807) is 0 Å². The summed E-state index contributed by atoms with van der Waals surface area (Å²) in [6, 6.07) is 88.4. The van der Waals surface area contributed by atoms with Crippen molar-refractivity contribution in [2.24, 2.45) is 0 Å². The molecular formula is C60H39N. The van der Waals surface area contributed by atoms with E-state index in [0.717, 1.165) is 17.1 Å². The Kier molecular flexibility index (Phi) is 7.21. The van der Waals surface area contributed by atoms with E-state index in [9.17, 15) is 0 Å². The van der Waals surface area contributed by atoms with Crippen LogP contribution in [0.5, 0.6) is 0 Å². The minimum atomic E-state index is -0.505. The lowest BCUT2D eigenvalue weighted by Gasteiger charge is -2.35. The first-order valence-corrected chi connectivity index (χ1v) is 21.3. The molecule has 0 aliphatic heterocycles. The Labute approximate surface area is 356 Å². The van der Waals surface area contributed by atoms with Gasteiger partial charge in [0.2, 0.25) is 0 Å². The van der Waals surface area contributed by atoms with E-state index in [1.807, 2.05) is 0 Å². The minimum Gasteiger partial charge on any atom is -0.310 e. The Bertz CT molecular complexity index is 3280. The van der Waals surface area contributed by atoms with Crippen LogP contribution in [0.3, 0.4) is 0 Å². The Balaban J connectivity index is 1.09. The van der Waals surface area contributed by atoms with Crippen LogP contribution in [0.4, 0.5) is 17.1 Å². The predicted octanol–water partition coefficient (Wildman–Crippen LogP) is 15.0. The van der Waals surface area contributed by atoms with Gasteiger partial charge in [-0.25, -0.2) is 0 Å². The Hall–Kier alpha value is -7.74. The van der Waals surface area contributed by atoms with E-state index in [1.165, 1.54) is 88.7 Å². The number of benzene rings is 10. The molecule has 0 atom stereocenters. The van der Waals surface area contributed by atoms with E-state index in [0.29, 0.717) is 0 Å². The van der Waals surface area contributed by atoms with Gasteiger partial charge in [-0.15, -0.1) is 0 Å². The summed E-state index contributed by atoms with van der Waals surface area (Å²) in [5.74, 6) is 0. The number of hydrogen-bond donors (Lipinski definition) is 0. The highest BCUT2D eigenvalue weighted by Gasteiger charge is 2.53. The average Bonchev–Trinajstić information content (AvgIpc) is 3.92. The zero-order chi connectivity index (χ0) is 40.1. The smallest absolute Gasteiger partial charge is 0.0732 e. The first kappa shape index (κ1) is 34.2. The molecule has 0 aromatic heterocycles. The van der Waals surface area contributed by atoms with Gasteiger partial charge in [-0.3, -0.25) is 0 Å². The van der Waals surface area contributed by atoms with Gasteiger partial charge in [-0.1, -0.05) is 200 Å². The minimum absolute atomic E-state index is 0.494. The topological polar surface area (TPSA) is 3.24 Å². The van der Waals surface area contributed by atoms with Crippen LogP contribution in [0.25, 0.3) is 44.2 Å². The number of nitrogens with zero attached hydrogens (tertiary/aromatic N) is 1. The molecule has 0 saturated heterocycles. The zero-order valence-electron chi connectivity index (χ0n) is 33.5. The Morgan fingerprint density at radius 1 is 0.262 bits per heavy atom. The van der Waals surface area contributed by atoms with Crippen molar-refractivity contribution in [1.29, 1.82) is 0 Å². The largest absolute Gasteiger partial charge is 0.310 e. The highest BCUT2D eigenvalue weighted by molar-refractivity contribution is 6.04. The number of fused-ring (bicyclic) bond motifs is 15. The van der Waals surface area contributed by atoms with E-state index in [4.69, 9.17) is 0 Å². The molecule has 1 nitrogen and oxygen atoms in total. The zero-order valence-corrected chi connectivity index (χ0v) is 33.5. The standard InChI is InChI=1S/C60H39N/c1-4-19-41(20-5-1)59(42-21-6-2-7-22-42)53-29-15-12-28-49(53)50-36-33-44(38-56(50)59)61(43-23-8-3-9-24-43)45-34-37-51-52-35-32-40-18-10-11-25-46(40)58(52)60(57(51)39-45)54-30-16-13-26-47(54)48-27-14-17-31-55(48)60/h1-39H. The van der Waals surface area contributed by atoms with Crippen molar-refractivity contribution < 1.29 is 0 Å². The molecule has 3 aliphatic rings. The lowest BCUT2D eigenvalue weighted by Crippen LogP contribution is -2.28. The molecule has 0 unspecified atom stereocenters. The molecule has 0 fully saturated rings. The number of anilines is 3. The summed E-state index contributed by atoms with van der Waals surface area (Å²) in [5, 5.41) is 2.57. The molecule has 0 amide bonds. The van der Waals surface area contributed by atoms with Crippen LogP contribution < -0.4 is 4.90 Å². The van der Waals surface area contributed by atoms with Gasteiger partial charge >= 0.3 is 0 Å². The molecule has 0 radical (unpaired) electrons. The van der Waals surface area contributed by atoms with Crippen molar-refractivity contribution in [2.45, 2.75) is 10.8 Å². The number of para-hydroxylation sites is 1. The van der Waals surface area contributed by atoms with E-state index < -0.39 is 10.8 Å². The fourth-order valence-corrected chi connectivity index (χ4v) is 11.6. The fourth-order valence-electron chi connectivity index (χ4n) is 11.6. The Morgan fingerprint density at radius 2 is 0.672 bits per heavy atom. The van der Waals surface area contributed by atoms with Crippen LogP contribution in [0.15, 0.2) is 237 Å². The number of rotatable bonds is 5. The van der Waals surface area contributed by atoms with Crippen LogP contribution in [0, 0.1) is 0 Å². The maximum atomic E-state index is 2.51. The monoisotopic (exact) mass is 773 g/mol. The highest BCUT2D eigenvalue weighted by Crippen LogP contribution is 2.65.